The van der Waals surface area contributed by atoms with Crippen molar-refractivity contribution in [2.45, 2.75) is 37.5 Å². The Kier molecular flexibility index (Phi) is 5.32. The Bertz CT molecular complexity index is 792. The lowest BCUT2D eigenvalue weighted by atomic mass is 10.0. The number of fused-ring (bicyclic) bond motifs is 1. The highest BCUT2D eigenvalue weighted by Gasteiger charge is 2.39. The third-order valence-electron chi connectivity index (χ3n) is 5.94. The van der Waals surface area contributed by atoms with Crippen LogP contribution in [0.1, 0.15) is 30.1 Å². The van der Waals surface area contributed by atoms with Crippen LogP contribution in [0.15, 0.2) is 42.5 Å². The van der Waals surface area contributed by atoms with Crippen LogP contribution in [0.25, 0.3) is 0 Å². The fourth-order valence-corrected chi connectivity index (χ4v) is 4.41. The van der Waals surface area contributed by atoms with Crippen LogP contribution in [0.5, 0.6) is 11.5 Å². The van der Waals surface area contributed by atoms with E-state index in [9.17, 15) is 4.39 Å². The fraction of sp³-hybridized carbons (Fsp3) is 0.455. The van der Waals surface area contributed by atoms with Gasteiger partial charge in [0.15, 0.2) is 17.3 Å². The number of piperidine rings is 1. The molecule has 0 radical (unpaired) electrons. The van der Waals surface area contributed by atoms with E-state index >= 15 is 0 Å². The lowest BCUT2D eigenvalue weighted by molar-refractivity contribution is 0.0532. The van der Waals surface area contributed by atoms with Crippen molar-refractivity contribution in [2.24, 2.45) is 0 Å². The second kappa shape index (κ2) is 7.87. The number of nitrogens with zero attached hydrogens (tertiary/aromatic N) is 1. The lowest BCUT2D eigenvalue weighted by Gasteiger charge is -2.38. The van der Waals surface area contributed by atoms with Gasteiger partial charge < -0.3 is 14.8 Å². The maximum atomic E-state index is 14.5. The molecule has 1 heterocycles. The summed E-state index contributed by atoms with van der Waals surface area (Å²) in [5, 5.41) is 3.43. The third kappa shape index (κ3) is 3.54. The number of hydrogen-bond donors (Lipinski definition) is 1. The normalized spacial score (nSPS) is 22.7. The monoisotopic (exact) mass is 370 g/mol. The van der Waals surface area contributed by atoms with Gasteiger partial charge in [-0.2, -0.15) is 0 Å². The highest BCUT2D eigenvalue weighted by molar-refractivity contribution is 5.43. The maximum Gasteiger partial charge on any atom is 0.197 e. The molecule has 1 aliphatic heterocycles. The van der Waals surface area contributed by atoms with Crippen LogP contribution in [0.2, 0.25) is 0 Å². The number of nitrogens with one attached hydrogen (secondary N) is 1. The van der Waals surface area contributed by atoms with Gasteiger partial charge in [-0.3, -0.25) is 4.90 Å². The third-order valence-corrected chi connectivity index (χ3v) is 5.94. The number of methoxy groups -OCH3 is 1. The quantitative estimate of drug-likeness (QED) is 0.873. The fourth-order valence-electron chi connectivity index (χ4n) is 4.41. The summed E-state index contributed by atoms with van der Waals surface area (Å²) in [5.41, 5.74) is 2.43. The van der Waals surface area contributed by atoms with Crippen LogP contribution in [0.3, 0.4) is 0 Å². The summed E-state index contributed by atoms with van der Waals surface area (Å²) in [5.74, 6) is 0.245. The van der Waals surface area contributed by atoms with Crippen LogP contribution in [0, 0.1) is 5.82 Å². The zero-order chi connectivity index (χ0) is 18.8. The van der Waals surface area contributed by atoms with Gasteiger partial charge >= 0.3 is 0 Å². The van der Waals surface area contributed by atoms with Crippen LogP contribution in [0.4, 0.5) is 4.39 Å². The van der Waals surface area contributed by atoms with E-state index < -0.39 is 0 Å². The number of halogens is 1. The average molecular weight is 370 g/mol. The van der Waals surface area contributed by atoms with Gasteiger partial charge in [0.1, 0.15) is 6.10 Å². The largest absolute Gasteiger partial charge is 0.493 e. The molecule has 2 aliphatic rings. The molecule has 5 heteroatoms. The first-order valence-electron chi connectivity index (χ1n) is 9.68. The van der Waals surface area contributed by atoms with E-state index in [-0.39, 0.29) is 23.7 Å². The number of rotatable bonds is 5. The maximum absolute atomic E-state index is 14.5. The minimum Gasteiger partial charge on any atom is -0.493 e. The highest BCUT2D eigenvalue weighted by atomic mass is 19.1. The van der Waals surface area contributed by atoms with Gasteiger partial charge in [0.05, 0.1) is 13.2 Å². The summed E-state index contributed by atoms with van der Waals surface area (Å²) in [7, 11) is 3.73. The van der Waals surface area contributed by atoms with E-state index in [4.69, 9.17) is 9.47 Å². The van der Waals surface area contributed by atoms with Gasteiger partial charge in [0, 0.05) is 6.04 Å². The zero-order valence-electron chi connectivity index (χ0n) is 16.0. The van der Waals surface area contributed by atoms with E-state index in [1.807, 2.05) is 6.07 Å². The zero-order valence-corrected chi connectivity index (χ0v) is 16.0. The summed E-state index contributed by atoms with van der Waals surface area (Å²) >= 11 is 0. The molecule has 0 saturated carbocycles. The molecule has 2 aromatic rings. The second-order valence-corrected chi connectivity index (χ2v) is 7.43. The smallest absolute Gasteiger partial charge is 0.197 e. The predicted octanol–water partition coefficient (Wildman–Crippen LogP) is 3.56. The first-order valence-corrected chi connectivity index (χ1v) is 9.68. The van der Waals surface area contributed by atoms with E-state index in [1.54, 1.807) is 19.2 Å². The van der Waals surface area contributed by atoms with Crippen molar-refractivity contribution >= 4 is 0 Å². The second-order valence-electron chi connectivity index (χ2n) is 7.43. The summed E-state index contributed by atoms with van der Waals surface area (Å²) in [4.78, 5) is 2.44. The molecule has 2 aromatic carbocycles. The summed E-state index contributed by atoms with van der Waals surface area (Å²) < 4.78 is 26.2. The average Bonchev–Trinajstić information content (AvgIpc) is 3.08. The van der Waals surface area contributed by atoms with E-state index in [0.29, 0.717) is 11.8 Å². The van der Waals surface area contributed by atoms with Crippen molar-refractivity contribution in [3.63, 3.8) is 0 Å². The van der Waals surface area contributed by atoms with Crippen molar-refractivity contribution < 1.29 is 13.9 Å². The first kappa shape index (κ1) is 18.3. The molecule has 4 rings (SSSR count). The predicted molar refractivity (Wildman–Crippen MR) is 104 cm³/mol. The number of hydrogen-bond acceptors (Lipinski definition) is 4. The van der Waals surface area contributed by atoms with Crippen molar-refractivity contribution in [3.05, 3.63) is 59.4 Å². The molecule has 2 atom stereocenters. The Morgan fingerprint density at radius 3 is 2.63 bits per heavy atom. The van der Waals surface area contributed by atoms with Gasteiger partial charge in [-0.1, -0.05) is 30.3 Å². The number of para-hydroxylation sites is 1. The molecule has 4 nitrogen and oxygen atoms in total. The molecule has 1 saturated heterocycles. The minimum absolute atomic E-state index is 0.176. The Hall–Kier alpha value is -2.11. The molecular formula is C22H27FN2O2. The molecule has 0 aromatic heterocycles. The SMILES string of the molecule is COc1cccc(F)c1O[C@@H]1c2ccccc2C[C@H]1N(C)C1CCNCC1. The molecule has 1 N–H and O–H groups in total. The van der Waals surface area contributed by atoms with Crippen LogP contribution in [-0.4, -0.2) is 44.2 Å². The highest BCUT2D eigenvalue weighted by Crippen LogP contribution is 2.41. The molecule has 0 spiro atoms. The number of ether oxygens (including phenoxy) is 2. The van der Waals surface area contributed by atoms with Crippen LogP contribution in [-0.2, 0) is 6.42 Å². The van der Waals surface area contributed by atoms with Gasteiger partial charge in [-0.25, -0.2) is 4.39 Å². The molecule has 1 fully saturated rings. The van der Waals surface area contributed by atoms with E-state index in [0.717, 1.165) is 37.9 Å². The Morgan fingerprint density at radius 2 is 1.85 bits per heavy atom. The molecule has 0 amide bonds. The topological polar surface area (TPSA) is 33.7 Å². The van der Waals surface area contributed by atoms with Gasteiger partial charge in [0.25, 0.3) is 0 Å². The van der Waals surface area contributed by atoms with Gasteiger partial charge in [-0.05, 0) is 62.7 Å². The minimum atomic E-state index is -0.387. The molecule has 27 heavy (non-hydrogen) atoms. The first-order chi connectivity index (χ1) is 13.2. The molecule has 144 valence electrons. The molecular weight excluding hydrogens is 343 g/mol. The van der Waals surface area contributed by atoms with Crippen molar-refractivity contribution in [3.8, 4) is 11.5 Å². The van der Waals surface area contributed by atoms with Crippen LogP contribution >= 0.6 is 0 Å². The molecule has 1 aliphatic carbocycles. The summed E-state index contributed by atoms with van der Waals surface area (Å²) in [6.07, 6.45) is 2.95. The van der Waals surface area contributed by atoms with Crippen molar-refractivity contribution in [1.82, 2.24) is 10.2 Å². The number of likely N-dealkylation sites (N-methyl/N-ethyl adjacent to an activating group) is 1. The standard InChI is InChI=1S/C22H27FN2O2/c1-25(16-10-12-24-13-11-16)19-14-15-6-3-4-7-17(15)21(19)27-22-18(23)8-5-9-20(22)26-2/h3-9,16,19,21,24H,10-14H2,1-2H3/t19-,21-/m1/s1. The van der Waals surface area contributed by atoms with E-state index in [1.165, 1.54) is 11.6 Å². The van der Waals surface area contributed by atoms with Crippen LogP contribution < -0.4 is 14.8 Å². The summed E-state index contributed by atoms with van der Waals surface area (Å²) in [6.45, 7) is 2.09. The van der Waals surface area contributed by atoms with Gasteiger partial charge in [-0.15, -0.1) is 0 Å². The number of benzene rings is 2. The Balaban J connectivity index is 1.66. The lowest BCUT2D eigenvalue weighted by Crippen LogP contribution is -2.48. The summed E-state index contributed by atoms with van der Waals surface area (Å²) in [6, 6.07) is 13.8. The Labute approximate surface area is 160 Å². The van der Waals surface area contributed by atoms with Gasteiger partial charge in [0.2, 0.25) is 0 Å². The molecule has 0 unspecified atom stereocenters. The van der Waals surface area contributed by atoms with E-state index in [2.05, 4.69) is 35.5 Å². The van der Waals surface area contributed by atoms with Crippen molar-refractivity contribution in [2.75, 3.05) is 27.2 Å². The Morgan fingerprint density at radius 1 is 1.07 bits per heavy atom. The van der Waals surface area contributed by atoms with Crippen molar-refractivity contribution in [1.29, 1.82) is 0 Å². The molecule has 0 bridgehead atoms.